The normalized spacial score (nSPS) is 21.2. The zero-order chi connectivity index (χ0) is 21.0. The van der Waals surface area contributed by atoms with Crippen molar-refractivity contribution in [3.63, 3.8) is 0 Å². The first-order valence-electron chi connectivity index (χ1n) is 11.8. The zero-order valence-electron chi connectivity index (χ0n) is 19.3. The van der Waals surface area contributed by atoms with Gasteiger partial charge in [0.15, 0.2) is 5.96 Å². The van der Waals surface area contributed by atoms with Gasteiger partial charge in [0.2, 0.25) is 0 Å². The molecular formula is C24H41IN4O2. The van der Waals surface area contributed by atoms with Gasteiger partial charge >= 0.3 is 0 Å². The molecule has 2 aliphatic heterocycles. The zero-order valence-corrected chi connectivity index (χ0v) is 21.6. The van der Waals surface area contributed by atoms with Crippen LogP contribution in [-0.4, -0.2) is 62.5 Å². The summed E-state index contributed by atoms with van der Waals surface area (Å²) in [6.07, 6.45) is 6.61. The van der Waals surface area contributed by atoms with Gasteiger partial charge in [-0.25, -0.2) is 4.99 Å². The number of aliphatic imine (C=N–C) groups is 1. The Morgan fingerprint density at radius 1 is 1.19 bits per heavy atom. The third-order valence-corrected chi connectivity index (χ3v) is 5.82. The van der Waals surface area contributed by atoms with Gasteiger partial charge in [-0.2, -0.15) is 0 Å². The third-order valence-electron chi connectivity index (χ3n) is 5.82. The second-order valence-corrected chi connectivity index (χ2v) is 8.52. The summed E-state index contributed by atoms with van der Waals surface area (Å²) in [4.78, 5) is 7.47. The van der Waals surface area contributed by atoms with Gasteiger partial charge in [-0.15, -0.1) is 24.0 Å². The quantitative estimate of drug-likeness (QED) is 0.281. The van der Waals surface area contributed by atoms with E-state index in [4.69, 9.17) is 14.5 Å². The van der Waals surface area contributed by atoms with E-state index in [0.29, 0.717) is 19.8 Å². The SMILES string of the molecule is CCNC(=NCc1ccccc1CN1CCCCCC1)NC(C)COC1CCOC1.I. The van der Waals surface area contributed by atoms with Crippen LogP contribution >= 0.6 is 24.0 Å². The summed E-state index contributed by atoms with van der Waals surface area (Å²) < 4.78 is 11.3. The average molecular weight is 545 g/mol. The van der Waals surface area contributed by atoms with E-state index in [-0.39, 0.29) is 36.1 Å². The van der Waals surface area contributed by atoms with Crippen molar-refractivity contribution >= 4 is 29.9 Å². The van der Waals surface area contributed by atoms with Crippen molar-refractivity contribution in [1.82, 2.24) is 15.5 Å². The van der Waals surface area contributed by atoms with E-state index in [2.05, 4.69) is 53.6 Å². The van der Waals surface area contributed by atoms with Crippen molar-refractivity contribution in [2.75, 3.05) is 39.5 Å². The van der Waals surface area contributed by atoms with Crippen molar-refractivity contribution < 1.29 is 9.47 Å². The molecule has 0 aliphatic carbocycles. The lowest BCUT2D eigenvalue weighted by molar-refractivity contribution is 0.0347. The highest BCUT2D eigenvalue weighted by Crippen LogP contribution is 2.17. The van der Waals surface area contributed by atoms with E-state index in [0.717, 1.165) is 32.1 Å². The number of ether oxygens (including phenoxy) is 2. The van der Waals surface area contributed by atoms with Gasteiger partial charge in [0.25, 0.3) is 0 Å². The Morgan fingerprint density at radius 3 is 2.61 bits per heavy atom. The standard InChI is InChI=1S/C24H40N4O2.HI/c1-3-25-24(27-20(2)18-30-23-12-15-29-19-23)26-16-21-10-6-7-11-22(21)17-28-13-8-4-5-9-14-28;/h6-7,10-11,20,23H,3-5,8-9,12-19H2,1-2H3,(H2,25,26,27);1H. The highest BCUT2D eigenvalue weighted by molar-refractivity contribution is 14.0. The van der Waals surface area contributed by atoms with Crippen LogP contribution in [0.5, 0.6) is 0 Å². The molecule has 1 aromatic carbocycles. The fourth-order valence-electron chi connectivity index (χ4n) is 4.09. The molecular weight excluding hydrogens is 503 g/mol. The molecule has 0 saturated carbocycles. The second-order valence-electron chi connectivity index (χ2n) is 8.52. The largest absolute Gasteiger partial charge is 0.379 e. The minimum atomic E-state index is 0. The van der Waals surface area contributed by atoms with Crippen molar-refractivity contribution in [3.8, 4) is 0 Å². The fraction of sp³-hybridized carbons (Fsp3) is 0.708. The number of guanidine groups is 1. The monoisotopic (exact) mass is 544 g/mol. The summed E-state index contributed by atoms with van der Waals surface area (Å²) in [6.45, 7) is 11.4. The van der Waals surface area contributed by atoms with Crippen molar-refractivity contribution in [1.29, 1.82) is 0 Å². The summed E-state index contributed by atoms with van der Waals surface area (Å²) >= 11 is 0. The topological polar surface area (TPSA) is 58.1 Å². The molecule has 2 heterocycles. The highest BCUT2D eigenvalue weighted by Gasteiger charge is 2.17. The van der Waals surface area contributed by atoms with Crippen LogP contribution in [0.25, 0.3) is 0 Å². The number of nitrogens with one attached hydrogen (secondary N) is 2. The minimum Gasteiger partial charge on any atom is -0.379 e. The van der Waals surface area contributed by atoms with Gasteiger partial charge in [0.1, 0.15) is 0 Å². The number of hydrogen-bond donors (Lipinski definition) is 2. The lowest BCUT2D eigenvalue weighted by Gasteiger charge is -2.22. The van der Waals surface area contributed by atoms with E-state index < -0.39 is 0 Å². The van der Waals surface area contributed by atoms with Crippen LogP contribution in [-0.2, 0) is 22.6 Å². The summed E-state index contributed by atoms with van der Waals surface area (Å²) in [5, 5.41) is 6.85. The number of benzene rings is 1. The summed E-state index contributed by atoms with van der Waals surface area (Å²) in [5.41, 5.74) is 2.71. The number of rotatable bonds is 9. The van der Waals surface area contributed by atoms with Gasteiger partial charge in [0, 0.05) is 25.7 Å². The Kier molecular flexibility index (Phi) is 12.8. The molecule has 0 aromatic heterocycles. The molecule has 2 fully saturated rings. The molecule has 2 saturated heterocycles. The molecule has 0 bridgehead atoms. The van der Waals surface area contributed by atoms with Crippen LogP contribution < -0.4 is 10.6 Å². The van der Waals surface area contributed by atoms with Crippen molar-refractivity contribution in [2.24, 2.45) is 4.99 Å². The highest BCUT2D eigenvalue weighted by atomic mass is 127. The maximum Gasteiger partial charge on any atom is 0.191 e. The lowest BCUT2D eigenvalue weighted by atomic mass is 10.1. The number of nitrogens with zero attached hydrogens (tertiary/aromatic N) is 2. The first-order valence-corrected chi connectivity index (χ1v) is 11.8. The van der Waals surface area contributed by atoms with E-state index in [1.165, 1.54) is 49.9 Å². The van der Waals surface area contributed by atoms with Crippen molar-refractivity contribution in [3.05, 3.63) is 35.4 Å². The van der Waals surface area contributed by atoms with Gasteiger partial charge in [-0.1, -0.05) is 37.1 Å². The first-order chi connectivity index (χ1) is 14.7. The van der Waals surface area contributed by atoms with Gasteiger partial charge in [0.05, 0.1) is 25.9 Å². The molecule has 7 heteroatoms. The molecule has 3 rings (SSSR count). The molecule has 0 radical (unpaired) electrons. The Balaban J connectivity index is 0.00000341. The van der Waals surface area contributed by atoms with E-state index >= 15 is 0 Å². The van der Waals surface area contributed by atoms with Crippen molar-refractivity contribution in [2.45, 2.75) is 71.2 Å². The lowest BCUT2D eigenvalue weighted by Crippen LogP contribution is -2.44. The van der Waals surface area contributed by atoms with Crippen LogP contribution in [0.3, 0.4) is 0 Å². The molecule has 2 aliphatic rings. The summed E-state index contributed by atoms with van der Waals surface area (Å²) in [6, 6.07) is 8.94. The molecule has 2 N–H and O–H groups in total. The Hall–Kier alpha value is -0.900. The smallest absolute Gasteiger partial charge is 0.191 e. The van der Waals surface area contributed by atoms with E-state index in [1.54, 1.807) is 0 Å². The Bertz CT molecular complexity index is 644. The molecule has 6 nitrogen and oxygen atoms in total. The Labute approximate surface area is 205 Å². The summed E-state index contributed by atoms with van der Waals surface area (Å²) in [5.74, 6) is 0.848. The number of halogens is 1. The molecule has 31 heavy (non-hydrogen) atoms. The van der Waals surface area contributed by atoms with Gasteiger partial charge in [-0.05, 0) is 57.3 Å². The summed E-state index contributed by atoms with van der Waals surface area (Å²) in [7, 11) is 0. The molecule has 176 valence electrons. The van der Waals surface area contributed by atoms with E-state index in [1.807, 2.05) is 0 Å². The van der Waals surface area contributed by atoms with Gasteiger partial charge < -0.3 is 20.1 Å². The van der Waals surface area contributed by atoms with Crippen LogP contribution in [0.1, 0.15) is 57.1 Å². The minimum absolute atomic E-state index is 0. The average Bonchev–Trinajstić information content (AvgIpc) is 3.15. The predicted octanol–water partition coefficient (Wildman–Crippen LogP) is 3.93. The molecule has 0 spiro atoms. The molecule has 1 aromatic rings. The maximum absolute atomic E-state index is 5.94. The predicted molar refractivity (Wildman–Crippen MR) is 138 cm³/mol. The third kappa shape index (κ3) is 9.63. The first kappa shape index (κ1) is 26.4. The maximum atomic E-state index is 5.94. The molecule has 2 unspecified atom stereocenters. The van der Waals surface area contributed by atoms with E-state index in [9.17, 15) is 0 Å². The fourth-order valence-corrected chi connectivity index (χ4v) is 4.09. The molecule has 0 amide bonds. The Morgan fingerprint density at radius 2 is 1.94 bits per heavy atom. The number of hydrogen-bond acceptors (Lipinski definition) is 4. The van der Waals surface area contributed by atoms with Crippen LogP contribution in [0, 0.1) is 0 Å². The van der Waals surface area contributed by atoms with Crippen LogP contribution in [0.2, 0.25) is 0 Å². The molecule has 2 atom stereocenters. The van der Waals surface area contributed by atoms with Crippen LogP contribution in [0.4, 0.5) is 0 Å². The van der Waals surface area contributed by atoms with Crippen LogP contribution in [0.15, 0.2) is 29.3 Å². The second kappa shape index (κ2) is 15.0. The van der Waals surface area contributed by atoms with Gasteiger partial charge in [-0.3, -0.25) is 4.90 Å². The number of likely N-dealkylation sites (tertiary alicyclic amines) is 1.